The molecule has 2 aliphatic rings. The third-order valence-electron chi connectivity index (χ3n) is 5.48. The van der Waals surface area contributed by atoms with Gasteiger partial charge in [0.05, 0.1) is 11.4 Å². The summed E-state index contributed by atoms with van der Waals surface area (Å²) in [6.07, 6.45) is 5.79. The Morgan fingerprint density at radius 3 is 2.23 bits per heavy atom. The van der Waals surface area contributed by atoms with Crippen molar-refractivity contribution in [1.29, 1.82) is 0 Å². The van der Waals surface area contributed by atoms with Crippen molar-refractivity contribution in [2.24, 2.45) is 0 Å². The third kappa shape index (κ3) is 3.83. The van der Waals surface area contributed by atoms with Crippen molar-refractivity contribution in [2.45, 2.75) is 75.5 Å². The lowest BCUT2D eigenvalue weighted by molar-refractivity contribution is 0.0781. The quantitative estimate of drug-likeness (QED) is 0.644. The first-order valence-electron chi connectivity index (χ1n) is 10.2. The van der Waals surface area contributed by atoms with E-state index >= 15 is 0 Å². The van der Waals surface area contributed by atoms with Crippen molar-refractivity contribution in [3.63, 3.8) is 0 Å². The van der Waals surface area contributed by atoms with Gasteiger partial charge in [0.1, 0.15) is 10.6 Å². The van der Waals surface area contributed by atoms with Gasteiger partial charge in [-0.15, -0.1) is 11.3 Å². The lowest BCUT2D eigenvalue weighted by Gasteiger charge is -2.15. The summed E-state index contributed by atoms with van der Waals surface area (Å²) in [6.45, 7) is 4.88. The highest BCUT2D eigenvalue weighted by atomic mass is 32.2. The number of sulfonamides is 1. The molecule has 0 spiro atoms. The number of fused-ring (bicyclic) bond motifs is 2. The average Bonchev–Trinajstić information content (AvgIpc) is 3.38. The van der Waals surface area contributed by atoms with Crippen molar-refractivity contribution in [2.75, 3.05) is 5.32 Å². The van der Waals surface area contributed by atoms with Gasteiger partial charge in [0, 0.05) is 11.4 Å². The molecule has 2 heterocycles. The van der Waals surface area contributed by atoms with E-state index in [0.717, 1.165) is 78.1 Å². The molecule has 0 atom stereocenters. The topological polar surface area (TPSA) is 121 Å². The molecule has 0 saturated heterocycles. The van der Waals surface area contributed by atoms with E-state index in [4.69, 9.17) is 4.98 Å². The number of pyridine rings is 1. The number of anilines is 1. The number of thiazole rings is 1. The number of urea groups is 1. The van der Waals surface area contributed by atoms with Gasteiger partial charge in [-0.3, -0.25) is 4.98 Å². The van der Waals surface area contributed by atoms with Crippen molar-refractivity contribution in [3.05, 3.63) is 33.2 Å². The van der Waals surface area contributed by atoms with Crippen LogP contribution in [-0.4, -0.2) is 29.5 Å². The SMILES string of the molecule is CCc1nc(C(C)(C)O)sc1S(=O)(=O)NC(=O)Nc1c2c(nc3c1CCC3)CCC2. The Morgan fingerprint density at radius 2 is 1.70 bits per heavy atom. The summed E-state index contributed by atoms with van der Waals surface area (Å²) >= 11 is 0.885. The lowest BCUT2D eigenvalue weighted by atomic mass is 10.1. The molecule has 2 aromatic heterocycles. The van der Waals surface area contributed by atoms with E-state index in [2.05, 4.69) is 15.0 Å². The summed E-state index contributed by atoms with van der Waals surface area (Å²) in [6, 6.07) is -0.787. The Balaban J connectivity index is 1.61. The predicted octanol–water partition coefficient (Wildman–Crippen LogP) is 2.82. The molecule has 0 aromatic carbocycles. The van der Waals surface area contributed by atoms with E-state index in [-0.39, 0.29) is 4.21 Å². The fraction of sp³-hybridized carbons (Fsp3) is 0.550. The number of amides is 2. The van der Waals surface area contributed by atoms with Gasteiger partial charge in [-0.2, -0.15) is 0 Å². The van der Waals surface area contributed by atoms with Crippen LogP contribution >= 0.6 is 11.3 Å². The van der Waals surface area contributed by atoms with E-state index in [1.165, 1.54) is 0 Å². The lowest BCUT2D eigenvalue weighted by Crippen LogP contribution is -2.35. The van der Waals surface area contributed by atoms with Crippen molar-refractivity contribution in [3.8, 4) is 0 Å². The van der Waals surface area contributed by atoms with E-state index in [1.54, 1.807) is 20.8 Å². The molecule has 2 aromatic rings. The first-order chi connectivity index (χ1) is 14.1. The zero-order valence-corrected chi connectivity index (χ0v) is 19.0. The highest BCUT2D eigenvalue weighted by molar-refractivity contribution is 7.92. The summed E-state index contributed by atoms with van der Waals surface area (Å²) in [5.74, 6) is 0. The van der Waals surface area contributed by atoms with Crippen LogP contribution in [0.1, 0.15) is 66.8 Å². The highest BCUT2D eigenvalue weighted by Crippen LogP contribution is 2.37. The molecule has 162 valence electrons. The standard InChI is InChI=1S/C20H26N4O4S2/c1-4-13-17(29-18(22-13)20(2,3)26)30(27,28)24-19(25)23-16-11-7-5-9-14(11)21-15-10-6-8-12(15)16/h26H,4-10H2,1-3H3,(H2,21,23,24,25). The first kappa shape index (κ1) is 21.2. The number of aromatic nitrogens is 2. The molecule has 10 heteroatoms. The zero-order chi connectivity index (χ0) is 21.7. The van der Waals surface area contributed by atoms with Crippen LogP contribution in [-0.2, 0) is 47.7 Å². The number of hydrogen-bond acceptors (Lipinski definition) is 7. The minimum absolute atomic E-state index is 0.0394. The number of aliphatic hydroxyl groups is 1. The van der Waals surface area contributed by atoms with Gasteiger partial charge in [0.25, 0.3) is 10.0 Å². The van der Waals surface area contributed by atoms with Gasteiger partial charge in [0.2, 0.25) is 0 Å². The van der Waals surface area contributed by atoms with Crippen molar-refractivity contribution >= 4 is 33.1 Å². The fourth-order valence-electron chi connectivity index (χ4n) is 4.08. The Labute approximate surface area is 180 Å². The summed E-state index contributed by atoms with van der Waals surface area (Å²) < 4.78 is 27.9. The maximum absolute atomic E-state index is 12.9. The average molecular weight is 451 g/mol. The van der Waals surface area contributed by atoms with E-state index in [0.29, 0.717) is 17.1 Å². The zero-order valence-electron chi connectivity index (χ0n) is 17.3. The second-order valence-corrected chi connectivity index (χ2v) is 11.1. The van der Waals surface area contributed by atoms with Gasteiger partial charge >= 0.3 is 6.03 Å². The molecule has 0 aliphatic heterocycles. The predicted molar refractivity (Wildman–Crippen MR) is 114 cm³/mol. The Hall–Kier alpha value is -2.04. The Bertz CT molecular complexity index is 1080. The number of rotatable bonds is 5. The molecule has 3 N–H and O–H groups in total. The number of carbonyl (C=O) groups is 1. The Kier molecular flexibility index (Phi) is 5.36. The van der Waals surface area contributed by atoms with Gasteiger partial charge in [-0.05, 0) is 69.9 Å². The molecule has 0 fully saturated rings. The number of aryl methyl sites for hydroxylation is 3. The maximum Gasteiger partial charge on any atom is 0.333 e. The summed E-state index contributed by atoms with van der Waals surface area (Å²) in [4.78, 5) is 21.7. The second kappa shape index (κ2) is 7.58. The van der Waals surface area contributed by atoms with Crippen LogP contribution in [0.25, 0.3) is 0 Å². The summed E-state index contributed by atoms with van der Waals surface area (Å²) in [5.41, 5.74) is 3.89. The van der Waals surface area contributed by atoms with Crippen molar-refractivity contribution < 1.29 is 18.3 Å². The summed E-state index contributed by atoms with van der Waals surface area (Å²) in [7, 11) is -4.12. The fourth-order valence-corrected chi connectivity index (χ4v) is 6.65. The maximum atomic E-state index is 12.9. The normalized spacial score (nSPS) is 15.7. The highest BCUT2D eigenvalue weighted by Gasteiger charge is 2.31. The molecule has 8 nitrogen and oxygen atoms in total. The molecule has 0 bridgehead atoms. The number of nitrogens with zero attached hydrogens (tertiary/aromatic N) is 2. The minimum Gasteiger partial charge on any atom is -0.383 e. The molecule has 0 unspecified atom stereocenters. The molecular formula is C20H26N4O4S2. The van der Waals surface area contributed by atoms with Crippen LogP contribution in [0.2, 0.25) is 0 Å². The van der Waals surface area contributed by atoms with Gasteiger partial charge in [-0.1, -0.05) is 6.92 Å². The number of hydrogen-bond donors (Lipinski definition) is 3. The van der Waals surface area contributed by atoms with Crippen LogP contribution in [0.15, 0.2) is 4.21 Å². The van der Waals surface area contributed by atoms with E-state index < -0.39 is 21.7 Å². The van der Waals surface area contributed by atoms with Crippen LogP contribution in [0, 0.1) is 0 Å². The first-order valence-corrected chi connectivity index (χ1v) is 12.5. The van der Waals surface area contributed by atoms with Crippen LogP contribution in [0.5, 0.6) is 0 Å². The second-order valence-electron chi connectivity index (χ2n) is 8.27. The molecule has 2 aliphatic carbocycles. The number of carbonyl (C=O) groups excluding carboxylic acids is 1. The van der Waals surface area contributed by atoms with E-state index in [9.17, 15) is 18.3 Å². The van der Waals surface area contributed by atoms with E-state index in [1.807, 2.05) is 0 Å². The smallest absolute Gasteiger partial charge is 0.333 e. The minimum atomic E-state index is -4.12. The largest absolute Gasteiger partial charge is 0.383 e. The van der Waals surface area contributed by atoms with Crippen LogP contribution in [0.3, 0.4) is 0 Å². The molecule has 2 amide bonds. The number of nitrogens with one attached hydrogen (secondary N) is 2. The molecular weight excluding hydrogens is 424 g/mol. The van der Waals surface area contributed by atoms with Gasteiger partial charge in [0.15, 0.2) is 4.21 Å². The molecule has 30 heavy (non-hydrogen) atoms. The Morgan fingerprint density at radius 1 is 1.10 bits per heavy atom. The van der Waals surface area contributed by atoms with Gasteiger partial charge in [-0.25, -0.2) is 22.9 Å². The van der Waals surface area contributed by atoms with Crippen LogP contribution in [0.4, 0.5) is 10.5 Å². The third-order valence-corrected chi connectivity index (χ3v) is 8.77. The molecule has 0 radical (unpaired) electrons. The van der Waals surface area contributed by atoms with Crippen molar-refractivity contribution in [1.82, 2.24) is 14.7 Å². The molecule has 4 rings (SSSR count). The monoisotopic (exact) mass is 450 g/mol. The van der Waals surface area contributed by atoms with Crippen LogP contribution < -0.4 is 10.0 Å². The molecule has 0 saturated carbocycles. The van der Waals surface area contributed by atoms with Gasteiger partial charge < -0.3 is 10.4 Å². The summed E-state index contributed by atoms with van der Waals surface area (Å²) in [5, 5.41) is 13.3.